The van der Waals surface area contributed by atoms with Gasteiger partial charge in [-0.1, -0.05) is 49.7 Å². The number of nitrogens with zero attached hydrogens (tertiary/aromatic N) is 2. The molecular weight excluding hydrogens is 362 g/mol. The summed E-state index contributed by atoms with van der Waals surface area (Å²) in [5.41, 5.74) is 0.168. The van der Waals surface area contributed by atoms with E-state index in [-0.39, 0.29) is 17.2 Å². The van der Waals surface area contributed by atoms with Crippen molar-refractivity contribution in [2.75, 3.05) is 6.54 Å². The molecule has 0 saturated carbocycles. The number of hydrogen-bond acceptors (Lipinski definition) is 5. The number of hydrogen-bond donors (Lipinski definition) is 1. The zero-order valence-electron chi connectivity index (χ0n) is 15.3. The zero-order valence-corrected chi connectivity index (χ0v) is 15.3. The lowest BCUT2D eigenvalue weighted by atomic mass is 10.0. The number of carbonyl (C=O) groups is 3. The van der Waals surface area contributed by atoms with Crippen molar-refractivity contribution in [2.45, 2.75) is 25.8 Å². The highest BCUT2D eigenvalue weighted by atomic mass is 16.6. The minimum Gasteiger partial charge on any atom is -0.348 e. The van der Waals surface area contributed by atoms with E-state index in [1.165, 1.54) is 18.2 Å². The fraction of sp³-hybridized carbons (Fsp3) is 0.250. The van der Waals surface area contributed by atoms with Gasteiger partial charge in [-0.05, 0) is 18.1 Å². The largest absolute Gasteiger partial charge is 0.348 e. The summed E-state index contributed by atoms with van der Waals surface area (Å²) in [5, 5.41) is 14.0. The van der Waals surface area contributed by atoms with Crippen LogP contribution in [0.4, 0.5) is 5.69 Å². The van der Waals surface area contributed by atoms with Gasteiger partial charge in [0, 0.05) is 6.07 Å². The van der Waals surface area contributed by atoms with Gasteiger partial charge < -0.3 is 5.32 Å². The number of fused-ring (bicyclic) bond motifs is 1. The molecule has 2 aromatic rings. The second kappa shape index (κ2) is 7.99. The van der Waals surface area contributed by atoms with Gasteiger partial charge in [0.15, 0.2) is 0 Å². The molecule has 8 nitrogen and oxygen atoms in total. The Hall–Kier alpha value is -3.55. The quantitative estimate of drug-likeness (QED) is 0.450. The summed E-state index contributed by atoms with van der Waals surface area (Å²) in [7, 11) is 0. The smallest absolute Gasteiger partial charge is 0.282 e. The molecule has 1 atom stereocenters. The van der Waals surface area contributed by atoms with Gasteiger partial charge in [-0.2, -0.15) is 0 Å². The Kier molecular flexibility index (Phi) is 5.49. The second-order valence-corrected chi connectivity index (χ2v) is 6.47. The third-order valence-electron chi connectivity index (χ3n) is 4.59. The van der Waals surface area contributed by atoms with E-state index in [4.69, 9.17) is 0 Å². The lowest BCUT2D eigenvalue weighted by Crippen LogP contribution is -2.41. The minimum absolute atomic E-state index is 0.0554. The number of nitrogens with one attached hydrogen (secondary N) is 1. The molecule has 0 unspecified atom stereocenters. The van der Waals surface area contributed by atoms with Crippen LogP contribution in [-0.2, 0) is 4.79 Å². The van der Waals surface area contributed by atoms with Crippen LogP contribution in [0.25, 0.3) is 0 Å². The van der Waals surface area contributed by atoms with Gasteiger partial charge in [0.1, 0.15) is 12.1 Å². The number of nitro groups is 1. The summed E-state index contributed by atoms with van der Waals surface area (Å²) in [6, 6.07) is 13.0. The van der Waals surface area contributed by atoms with Gasteiger partial charge in [-0.3, -0.25) is 29.4 Å². The molecule has 3 rings (SSSR count). The Balaban J connectivity index is 1.77. The standard InChI is InChI=1S/C20H19N3O5/c1-2-7-15(13-8-4-3-5-9-13)21-17(24)12-22-19(25)14-10-6-11-16(23(27)28)18(14)20(22)26/h3-6,8-11,15H,2,7,12H2,1H3,(H,21,24)/t15-/m0/s1. The summed E-state index contributed by atoms with van der Waals surface area (Å²) >= 11 is 0. The van der Waals surface area contributed by atoms with Crippen molar-refractivity contribution in [3.63, 3.8) is 0 Å². The molecule has 0 aromatic heterocycles. The first-order chi connectivity index (χ1) is 13.4. The van der Waals surface area contributed by atoms with Crippen LogP contribution in [0.3, 0.4) is 0 Å². The Morgan fingerprint density at radius 3 is 2.46 bits per heavy atom. The maximum absolute atomic E-state index is 12.6. The Labute approximate surface area is 161 Å². The Morgan fingerprint density at radius 1 is 1.11 bits per heavy atom. The van der Waals surface area contributed by atoms with Crippen LogP contribution in [0, 0.1) is 10.1 Å². The molecule has 144 valence electrons. The average molecular weight is 381 g/mol. The summed E-state index contributed by atoms with van der Waals surface area (Å²) in [5.74, 6) is -2.03. The fourth-order valence-corrected chi connectivity index (χ4v) is 3.29. The van der Waals surface area contributed by atoms with Crippen LogP contribution in [0.15, 0.2) is 48.5 Å². The van der Waals surface area contributed by atoms with Crippen molar-refractivity contribution in [1.29, 1.82) is 0 Å². The Morgan fingerprint density at radius 2 is 1.82 bits per heavy atom. The van der Waals surface area contributed by atoms with E-state index in [2.05, 4.69) is 5.32 Å². The van der Waals surface area contributed by atoms with Crippen molar-refractivity contribution in [1.82, 2.24) is 10.2 Å². The number of nitro benzene ring substituents is 1. The molecule has 0 bridgehead atoms. The van der Waals surface area contributed by atoms with Gasteiger partial charge in [-0.25, -0.2) is 0 Å². The van der Waals surface area contributed by atoms with E-state index in [0.29, 0.717) is 6.42 Å². The Bertz CT molecular complexity index is 942. The zero-order chi connectivity index (χ0) is 20.3. The topological polar surface area (TPSA) is 110 Å². The molecule has 1 heterocycles. The minimum atomic E-state index is -0.825. The van der Waals surface area contributed by atoms with E-state index in [1.807, 2.05) is 37.3 Å². The van der Waals surface area contributed by atoms with E-state index in [9.17, 15) is 24.5 Å². The van der Waals surface area contributed by atoms with E-state index in [0.717, 1.165) is 16.9 Å². The highest BCUT2D eigenvalue weighted by Crippen LogP contribution is 2.30. The summed E-state index contributed by atoms with van der Waals surface area (Å²) in [6.07, 6.45) is 1.53. The summed E-state index contributed by atoms with van der Waals surface area (Å²) in [6.45, 7) is 1.50. The van der Waals surface area contributed by atoms with Crippen LogP contribution in [0.1, 0.15) is 52.1 Å². The highest BCUT2D eigenvalue weighted by Gasteiger charge is 2.41. The highest BCUT2D eigenvalue weighted by molar-refractivity contribution is 6.24. The molecule has 8 heteroatoms. The molecule has 0 radical (unpaired) electrons. The van der Waals surface area contributed by atoms with E-state index < -0.39 is 34.9 Å². The van der Waals surface area contributed by atoms with Crippen LogP contribution < -0.4 is 5.32 Å². The number of imide groups is 1. The molecule has 0 fully saturated rings. The maximum Gasteiger partial charge on any atom is 0.282 e. The van der Waals surface area contributed by atoms with Crippen LogP contribution >= 0.6 is 0 Å². The summed E-state index contributed by atoms with van der Waals surface area (Å²) < 4.78 is 0. The van der Waals surface area contributed by atoms with Crippen molar-refractivity contribution >= 4 is 23.4 Å². The van der Waals surface area contributed by atoms with Gasteiger partial charge in [0.05, 0.1) is 16.5 Å². The van der Waals surface area contributed by atoms with Gasteiger partial charge in [-0.15, -0.1) is 0 Å². The monoisotopic (exact) mass is 381 g/mol. The lowest BCUT2D eigenvalue weighted by Gasteiger charge is -2.20. The van der Waals surface area contributed by atoms with Gasteiger partial charge in [0.2, 0.25) is 5.91 Å². The number of carbonyl (C=O) groups excluding carboxylic acids is 3. The van der Waals surface area contributed by atoms with E-state index >= 15 is 0 Å². The van der Waals surface area contributed by atoms with Crippen molar-refractivity contribution in [3.05, 3.63) is 75.3 Å². The second-order valence-electron chi connectivity index (χ2n) is 6.47. The SMILES string of the molecule is CCC[C@H](NC(=O)CN1C(=O)c2cccc([N+](=O)[O-])c2C1=O)c1ccccc1. The first kappa shape index (κ1) is 19.2. The van der Waals surface area contributed by atoms with Gasteiger partial charge in [0.25, 0.3) is 17.5 Å². The first-order valence-corrected chi connectivity index (χ1v) is 8.92. The molecular formula is C20H19N3O5. The van der Waals surface area contributed by atoms with Crippen molar-refractivity contribution < 1.29 is 19.3 Å². The lowest BCUT2D eigenvalue weighted by molar-refractivity contribution is -0.385. The van der Waals surface area contributed by atoms with Gasteiger partial charge >= 0.3 is 0 Å². The normalized spacial score (nSPS) is 14.0. The van der Waals surface area contributed by atoms with Crippen molar-refractivity contribution in [2.24, 2.45) is 0 Å². The average Bonchev–Trinajstić information content (AvgIpc) is 2.93. The molecule has 1 aliphatic rings. The molecule has 1 N–H and O–H groups in total. The molecule has 3 amide bonds. The predicted octanol–water partition coefficient (Wildman–Crippen LogP) is 2.85. The first-order valence-electron chi connectivity index (χ1n) is 8.92. The molecule has 0 saturated heterocycles. The molecule has 0 spiro atoms. The predicted molar refractivity (Wildman–Crippen MR) is 101 cm³/mol. The molecule has 2 aromatic carbocycles. The number of benzene rings is 2. The van der Waals surface area contributed by atoms with Crippen LogP contribution in [0.5, 0.6) is 0 Å². The third kappa shape index (κ3) is 3.62. The third-order valence-corrected chi connectivity index (χ3v) is 4.59. The summed E-state index contributed by atoms with van der Waals surface area (Å²) in [4.78, 5) is 48.8. The number of amides is 3. The maximum atomic E-state index is 12.6. The van der Waals surface area contributed by atoms with Crippen molar-refractivity contribution in [3.8, 4) is 0 Å². The molecule has 1 aliphatic heterocycles. The fourth-order valence-electron chi connectivity index (χ4n) is 3.29. The molecule has 0 aliphatic carbocycles. The van der Waals surface area contributed by atoms with Crippen LogP contribution in [-0.4, -0.2) is 34.1 Å². The van der Waals surface area contributed by atoms with E-state index in [1.54, 1.807) is 0 Å². The molecule has 28 heavy (non-hydrogen) atoms. The number of rotatable bonds is 7. The van der Waals surface area contributed by atoms with Crippen LogP contribution in [0.2, 0.25) is 0 Å².